The van der Waals surface area contributed by atoms with Crippen LogP contribution in [0.2, 0.25) is 0 Å². The molecule has 1 rings (SSSR count). The first kappa shape index (κ1) is 17.4. The predicted molar refractivity (Wildman–Crippen MR) is 78.6 cm³/mol. The van der Waals surface area contributed by atoms with Gasteiger partial charge >= 0.3 is 5.97 Å². The van der Waals surface area contributed by atoms with Crippen LogP contribution in [0.5, 0.6) is 0 Å². The summed E-state index contributed by atoms with van der Waals surface area (Å²) in [5.41, 5.74) is 1.16. The second-order valence-corrected chi connectivity index (χ2v) is 6.19. The normalized spacial score (nSPS) is 11.1. The van der Waals surface area contributed by atoms with E-state index < -0.39 is 16.0 Å². The van der Waals surface area contributed by atoms with Crippen molar-refractivity contribution in [1.29, 1.82) is 0 Å². The Bertz CT molecular complexity index is 592. The second-order valence-electron chi connectivity index (χ2n) is 4.42. The van der Waals surface area contributed by atoms with Crippen LogP contribution in [0.3, 0.4) is 0 Å². The van der Waals surface area contributed by atoms with Crippen LogP contribution in [0.25, 0.3) is 0 Å². The minimum absolute atomic E-state index is 0.0788. The van der Waals surface area contributed by atoms with E-state index in [-0.39, 0.29) is 18.0 Å². The summed E-state index contributed by atoms with van der Waals surface area (Å²) in [6, 6.07) is 5.50. The molecule has 0 radical (unpaired) electrons. The van der Waals surface area contributed by atoms with Crippen molar-refractivity contribution in [3.05, 3.63) is 42.0 Å². The van der Waals surface area contributed by atoms with Gasteiger partial charge in [-0.05, 0) is 31.2 Å². The summed E-state index contributed by atoms with van der Waals surface area (Å²) in [6.07, 6.45) is 0. The number of carbonyl (C=O) groups is 1. The zero-order chi connectivity index (χ0) is 15.9. The van der Waals surface area contributed by atoms with E-state index >= 15 is 0 Å². The van der Waals surface area contributed by atoms with Crippen molar-refractivity contribution in [2.24, 2.45) is 0 Å². The molecule has 1 aromatic carbocycles. The first-order chi connectivity index (χ1) is 9.86. The van der Waals surface area contributed by atoms with E-state index in [0.717, 1.165) is 5.57 Å². The molecular weight excluding hydrogens is 294 g/mol. The highest BCUT2D eigenvalue weighted by atomic mass is 32.2. The lowest BCUT2D eigenvalue weighted by Gasteiger charge is -2.08. The average molecular weight is 313 g/mol. The van der Waals surface area contributed by atoms with E-state index in [9.17, 15) is 13.2 Å². The van der Waals surface area contributed by atoms with Gasteiger partial charge in [0.2, 0.25) is 10.0 Å². The number of sulfonamides is 1. The summed E-state index contributed by atoms with van der Waals surface area (Å²) in [5.74, 6) is -0.514. The highest BCUT2D eigenvalue weighted by molar-refractivity contribution is 7.89. The Balaban J connectivity index is 2.58. The maximum Gasteiger partial charge on any atom is 0.337 e. The van der Waals surface area contributed by atoms with Crippen LogP contribution in [0, 0.1) is 0 Å². The Morgan fingerprint density at radius 1 is 1.29 bits per heavy atom. The fourth-order valence-corrected chi connectivity index (χ4v) is 2.48. The summed E-state index contributed by atoms with van der Waals surface area (Å²) < 4.78 is 36.1. The number of nitrogens with one attached hydrogen (secondary N) is 1. The molecule has 0 unspecified atom stereocenters. The van der Waals surface area contributed by atoms with Crippen molar-refractivity contribution in [2.45, 2.75) is 11.8 Å². The number of carbonyl (C=O) groups excluding carboxylic acids is 1. The van der Waals surface area contributed by atoms with Crippen molar-refractivity contribution in [3.8, 4) is 0 Å². The molecule has 0 aliphatic heterocycles. The van der Waals surface area contributed by atoms with E-state index in [1.165, 1.54) is 31.4 Å². The summed E-state index contributed by atoms with van der Waals surface area (Å²) >= 11 is 0. The maximum atomic E-state index is 12.0. The van der Waals surface area contributed by atoms with Gasteiger partial charge in [0.05, 0.1) is 30.8 Å². The summed E-state index contributed by atoms with van der Waals surface area (Å²) in [5, 5.41) is 0. The summed E-state index contributed by atoms with van der Waals surface area (Å²) in [4.78, 5) is 11.3. The van der Waals surface area contributed by atoms with Crippen LogP contribution < -0.4 is 4.72 Å². The lowest BCUT2D eigenvalue weighted by Crippen LogP contribution is -2.27. The van der Waals surface area contributed by atoms with E-state index in [1.54, 1.807) is 0 Å². The maximum absolute atomic E-state index is 12.0. The summed E-state index contributed by atoms with van der Waals surface area (Å²) in [7, 11) is -2.35. The van der Waals surface area contributed by atoms with E-state index in [0.29, 0.717) is 12.2 Å². The number of methoxy groups -OCH3 is 1. The Morgan fingerprint density at radius 2 is 1.90 bits per heavy atom. The fourth-order valence-electron chi connectivity index (χ4n) is 1.47. The molecule has 21 heavy (non-hydrogen) atoms. The second kappa shape index (κ2) is 7.92. The molecule has 0 aromatic heterocycles. The van der Waals surface area contributed by atoms with Gasteiger partial charge in [-0.1, -0.05) is 12.2 Å². The molecule has 0 aliphatic carbocycles. The van der Waals surface area contributed by atoms with Gasteiger partial charge in [-0.15, -0.1) is 0 Å². The highest BCUT2D eigenvalue weighted by Gasteiger charge is 2.14. The van der Waals surface area contributed by atoms with E-state index in [4.69, 9.17) is 4.74 Å². The van der Waals surface area contributed by atoms with Crippen LogP contribution >= 0.6 is 0 Å². The van der Waals surface area contributed by atoms with Crippen LogP contribution in [-0.4, -0.2) is 41.3 Å². The lowest BCUT2D eigenvalue weighted by molar-refractivity contribution is 0.0600. The number of esters is 1. The molecule has 116 valence electrons. The van der Waals surface area contributed by atoms with Crippen molar-refractivity contribution < 1.29 is 22.7 Å². The minimum Gasteiger partial charge on any atom is -0.465 e. The van der Waals surface area contributed by atoms with Crippen LogP contribution in [-0.2, 0) is 19.5 Å². The summed E-state index contributed by atoms with van der Waals surface area (Å²) in [6.45, 7) is 6.32. The fraction of sp³-hybridized carbons (Fsp3) is 0.357. The van der Waals surface area contributed by atoms with Crippen LogP contribution in [0.15, 0.2) is 41.3 Å². The van der Waals surface area contributed by atoms with Crippen molar-refractivity contribution in [2.75, 3.05) is 26.9 Å². The predicted octanol–water partition coefficient (Wildman–Crippen LogP) is 1.34. The van der Waals surface area contributed by atoms with Crippen molar-refractivity contribution in [3.63, 3.8) is 0 Å². The third-order valence-electron chi connectivity index (χ3n) is 2.47. The molecule has 0 spiro atoms. The topological polar surface area (TPSA) is 81.7 Å². The lowest BCUT2D eigenvalue weighted by atomic mass is 10.2. The van der Waals surface area contributed by atoms with Gasteiger partial charge in [-0.25, -0.2) is 17.9 Å². The van der Waals surface area contributed by atoms with Crippen molar-refractivity contribution in [1.82, 2.24) is 4.72 Å². The molecule has 1 N–H and O–H groups in total. The molecule has 0 saturated carbocycles. The third-order valence-corrected chi connectivity index (χ3v) is 3.95. The average Bonchev–Trinajstić information content (AvgIpc) is 2.45. The number of rotatable bonds is 8. The molecule has 0 saturated heterocycles. The Kier molecular flexibility index (Phi) is 6.54. The molecule has 1 aromatic rings. The highest BCUT2D eigenvalue weighted by Crippen LogP contribution is 2.11. The third kappa shape index (κ3) is 5.66. The van der Waals surface area contributed by atoms with Crippen molar-refractivity contribution >= 4 is 16.0 Å². The smallest absolute Gasteiger partial charge is 0.337 e. The number of benzene rings is 1. The van der Waals surface area contributed by atoms with Crippen LogP contribution in [0.4, 0.5) is 0 Å². The molecule has 7 heteroatoms. The molecular formula is C14H19NO5S. The molecule has 0 amide bonds. The quantitative estimate of drug-likeness (QED) is 0.445. The first-order valence-corrected chi connectivity index (χ1v) is 7.75. The zero-order valence-corrected chi connectivity index (χ0v) is 12.9. The molecule has 0 bridgehead atoms. The van der Waals surface area contributed by atoms with E-state index in [1.807, 2.05) is 6.92 Å². The van der Waals surface area contributed by atoms with Gasteiger partial charge in [0.15, 0.2) is 0 Å². The molecule has 6 nitrogen and oxygen atoms in total. The largest absolute Gasteiger partial charge is 0.465 e. The number of ether oxygens (including phenoxy) is 2. The SMILES string of the molecule is C=C(C)COCCNS(=O)(=O)c1ccc(C(=O)OC)cc1. The Labute approximate surface area is 124 Å². The van der Waals surface area contributed by atoms with Gasteiger partial charge in [0.1, 0.15) is 0 Å². The van der Waals surface area contributed by atoms with Gasteiger partial charge in [-0.2, -0.15) is 0 Å². The van der Waals surface area contributed by atoms with E-state index in [2.05, 4.69) is 16.0 Å². The number of hydrogen-bond donors (Lipinski definition) is 1. The standard InChI is InChI=1S/C14H19NO5S/c1-11(2)10-20-9-8-15-21(17,18)13-6-4-12(5-7-13)14(16)19-3/h4-7,15H,1,8-10H2,2-3H3. The monoisotopic (exact) mass is 313 g/mol. The molecule has 0 aliphatic rings. The molecule has 0 fully saturated rings. The van der Waals surface area contributed by atoms with Gasteiger partial charge < -0.3 is 9.47 Å². The molecule has 0 heterocycles. The van der Waals surface area contributed by atoms with Crippen LogP contribution in [0.1, 0.15) is 17.3 Å². The van der Waals surface area contributed by atoms with Gasteiger partial charge in [-0.3, -0.25) is 0 Å². The Morgan fingerprint density at radius 3 is 2.43 bits per heavy atom. The van der Waals surface area contributed by atoms with Gasteiger partial charge in [0, 0.05) is 6.54 Å². The van der Waals surface area contributed by atoms with Gasteiger partial charge in [0.25, 0.3) is 0 Å². The molecule has 0 atom stereocenters. The minimum atomic E-state index is -3.61. The zero-order valence-electron chi connectivity index (χ0n) is 12.1. The Hall–Kier alpha value is -1.70. The first-order valence-electron chi connectivity index (χ1n) is 6.27. The number of hydrogen-bond acceptors (Lipinski definition) is 5.